The summed E-state index contributed by atoms with van der Waals surface area (Å²) in [6.45, 7) is 2.08. The van der Waals surface area contributed by atoms with Gasteiger partial charge >= 0.3 is 0 Å². The molecule has 0 aliphatic carbocycles. The average Bonchev–Trinajstić information content (AvgIpc) is 2.73. The number of amidine groups is 1. The van der Waals surface area contributed by atoms with Crippen LogP contribution in [0, 0.1) is 6.92 Å². The van der Waals surface area contributed by atoms with Gasteiger partial charge in [0.1, 0.15) is 5.84 Å². The van der Waals surface area contributed by atoms with E-state index in [2.05, 4.69) is 47.9 Å². The summed E-state index contributed by atoms with van der Waals surface area (Å²) < 4.78 is 0. The number of anilines is 3. The molecule has 3 aromatic carbocycles. The molecule has 23 heavy (non-hydrogen) atoms. The Labute approximate surface area is 135 Å². The quantitative estimate of drug-likeness (QED) is 0.644. The molecule has 3 heteroatoms. The van der Waals surface area contributed by atoms with Gasteiger partial charge in [-0.05, 0) is 42.8 Å². The third kappa shape index (κ3) is 2.57. The average molecular weight is 299 g/mol. The van der Waals surface area contributed by atoms with E-state index in [1.807, 2.05) is 42.5 Å². The molecule has 1 aliphatic rings. The second-order valence-corrected chi connectivity index (χ2v) is 5.59. The van der Waals surface area contributed by atoms with E-state index in [-0.39, 0.29) is 0 Å². The maximum Gasteiger partial charge on any atom is 0.140 e. The monoisotopic (exact) mass is 299 g/mol. The first-order chi connectivity index (χ1) is 11.3. The molecule has 1 heterocycles. The van der Waals surface area contributed by atoms with Crippen molar-refractivity contribution >= 4 is 28.6 Å². The molecule has 3 nitrogen and oxygen atoms in total. The molecule has 3 aromatic rings. The largest absolute Gasteiger partial charge is 0.353 e. The molecule has 112 valence electrons. The first-order valence-corrected chi connectivity index (χ1v) is 7.68. The second-order valence-electron chi connectivity index (χ2n) is 5.59. The molecule has 0 radical (unpaired) electrons. The van der Waals surface area contributed by atoms with Gasteiger partial charge in [-0.3, -0.25) is 0 Å². The van der Waals surface area contributed by atoms with E-state index in [9.17, 15) is 0 Å². The van der Waals surface area contributed by atoms with Crippen molar-refractivity contribution in [3.8, 4) is 0 Å². The molecule has 0 fully saturated rings. The van der Waals surface area contributed by atoms with E-state index in [0.29, 0.717) is 0 Å². The fraction of sp³-hybridized carbons (Fsp3) is 0.0500. The topological polar surface area (TPSA) is 36.4 Å². The lowest BCUT2D eigenvalue weighted by Gasteiger charge is -2.10. The van der Waals surface area contributed by atoms with Crippen molar-refractivity contribution in [1.82, 2.24) is 0 Å². The normalized spacial score (nSPS) is 14.2. The molecule has 1 aliphatic heterocycles. The van der Waals surface area contributed by atoms with Crippen LogP contribution >= 0.6 is 0 Å². The summed E-state index contributed by atoms with van der Waals surface area (Å²) in [5.74, 6) is 0.854. The molecule has 0 spiro atoms. The minimum atomic E-state index is 0.854. The zero-order valence-electron chi connectivity index (χ0n) is 12.9. The van der Waals surface area contributed by atoms with Crippen molar-refractivity contribution in [3.63, 3.8) is 0 Å². The molecule has 0 unspecified atom stereocenters. The number of nitrogens with one attached hydrogen (secondary N) is 2. The summed E-state index contributed by atoms with van der Waals surface area (Å²) in [7, 11) is 0. The van der Waals surface area contributed by atoms with Gasteiger partial charge in [-0.2, -0.15) is 0 Å². The highest BCUT2D eigenvalue weighted by Gasteiger charge is 2.16. The third-order valence-electron chi connectivity index (χ3n) is 3.98. The van der Waals surface area contributed by atoms with Gasteiger partial charge in [-0.1, -0.05) is 42.5 Å². The van der Waals surface area contributed by atoms with E-state index < -0.39 is 0 Å². The first kappa shape index (κ1) is 13.6. The van der Waals surface area contributed by atoms with Crippen LogP contribution in [0.3, 0.4) is 0 Å². The summed E-state index contributed by atoms with van der Waals surface area (Å²) in [5.41, 5.74) is 6.32. The molecule has 4 rings (SSSR count). The van der Waals surface area contributed by atoms with Crippen LogP contribution in [0.1, 0.15) is 11.1 Å². The Morgan fingerprint density at radius 1 is 0.652 bits per heavy atom. The van der Waals surface area contributed by atoms with E-state index in [1.54, 1.807) is 0 Å². The van der Waals surface area contributed by atoms with Crippen LogP contribution < -0.4 is 10.6 Å². The number of aryl methyl sites for hydroxylation is 1. The molecular formula is C20H17N3. The summed E-state index contributed by atoms with van der Waals surface area (Å²) in [5, 5.41) is 6.97. The highest BCUT2D eigenvalue weighted by molar-refractivity contribution is 6.16. The van der Waals surface area contributed by atoms with Gasteiger partial charge in [-0.15, -0.1) is 0 Å². The number of aliphatic imine (C=N–C) groups is 1. The minimum Gasteiger partial charge on any atom is -0.353 e. The summed E-state index contributed by atoms with van der Waals surface area (Å²) >= 11 is 0. The van der Waals surface area contributed by atoms with Crippen molar-refractivity contribution < 1.29 is 0 Å². The van der Waals surface area contributed by atoms with Crippen molar-refractivity contribution in [2.45, 2.75) is 6.92 Å². The highest BCUT2D eigenvalue weighted by Crippen LogP contribution is 2.32. The van der Waals surface area contributed by atoms with Crippen LogP contribution in [0.4, 0.5) is 22.7 Å². The van der Waals surface area contributed by atoms with Crippen LogP contribution in [-0.2, 0) is 0 Å². The Bertz CT molecular complexity index is 897. The summed E-state index contributed by atoms with van der Waals surface area (Å²) in [6.07, 6.45) is 0. The molecule has 0 atom stereocenters. The van der Waals surface area contributed by atoms with E-state index in [4.69, 9.17) is 4.99 Å². The summed E-state index contributed by atoms with van der Waals surface area (Å²) in [6, 6.07) is 24.6. The summed E-state index contributed by atoms with van der Waals surface area (Å²) in [4.78, 5) is 4.88. The molecule has 0 amide bonds. The number of fused-ring (bicyclic) bond motifs is 2. The van der Waals surface area contributed by atoms with Gasteiger partial charge in [0, 0.05) is 11.3 Å². The number of para-hydroxylation sites is 4. The number of rotatable bonds is 1. The Kier molecular flexibility index (Phi) is 3.31. The second kappa shape index (κ2) is 5.61. The van der Waals surface area contributed by atoms with Gasteiger partial charge < -0.3 is 10.6 Å². The fourth-order valence-electron chi connectivity index (χ4n) is 2.74. The van der Waals surface area contributed by atoms with E-state index in [1.165, 1.54) is 0 Å². The highest BCUT2D eigenvalue weighted by atomic mass is 15.1. The van der Waals surface area contributed by atoms with Crippen LogP contribution in [0.2, 0.25) is 0 Å². The van der Waals surface area contributed by atoms with Gasteiger partial charge in [0.2, 0.25) is 0 Å². The molecule has 0 saturated carbocycles. The lowest BCUT2D eigenvalue weighted by Crippen LogP contribution is -2.12. The predicted molar refractivity (Wildman–Crippen MR) is 97.2 cm³/mol. The molecule has 0 saturated heterocycles. The lowest BCUT2D eigenvalue weighted by molar-refractivity contribution is 1.39. The van der Waals surface area contributed by atoms with Crippen molar-refractivity contribution in [3.05, 3.63) is 83.9 Å². The van der Waals surface area contributed by atoms with Crippen LogP contribution in [0.25, 0.3) is 0 Å². The Balaban J connectivity index is 1.90. The number of hydrogen-bond donors (Lipinski definition) is 2. The SMILES string of the molecule is Cc1ccccc1N=C1Nc2ccccc2Nc2ccccc21. The third-order valence-corrected chi connectivity index (χ3v) is 3.98. The van der Waals surface area contributed by atoms with Gasteiger partial charge in [0.05, 0.1) is 17.1 Å². The standard InChI is InChI=1S/C20H17N3/c1-14-8-2-4-10-16(14)22-20-15-9-3-5-11-17(15)21-18-12-6-7-13-19(18)23-20/h2-13,21H,1H3,(H,22,23). The number of nitrogens with zero attached hydrogens (tertiary/aromatic N) is 1. The predicted octanol–water partition coefficient (Wildman–Crippen LogP) is 5.24. The zero-order valence-corrected chi connectivity index (χ0v) is 12.9. The Morgan fingerprint density at radius 2 is 1.26 bits per heavy atom. The molecule has 2 N–H and O–H groups in total. The van der Waals surface area contributed by atoms with Crippen molar-refractivity contribution in [2.75, 3.05) is 10.6 Å². The van der Waals surface area contributed by atoms with Crippen molar-refractivity contribution in [1.29, 1.82) is 0 Å². The smallest absolute Gasteiger partial charge is 0.140 e. The minimum absolute atomic E-state index is 0.854. The van der Waals surface area contributed by atoms with Crippen LogP contribution in [0.15, 0.2) is 77.8 Å². The molecular weight excluding hydrogens is 282 g/mol. The Hall–Kier alpha value is -3.07. The van der Waals surface area contributed by atoms with E-state index >= 15 is 0 Å². The number of hydrogen-bond acceptors (Lipinski definition) is 2. The van der Waals surface area contributed by atoms with Gasteiger partial charge in [-0.25, -0.2) is 4.99 Å². The van der Waals surface area contributed by atoms with E-state index in [0.717, 1.165) is 39.7 Å². The van der Waals surface area contributed by atoms with Crippen molar-refractivity contribution in [2.24, 2.45) is 4.99 Å². The fourth-order valence-corrected chi connectivity index (χ4v) is 2.74. The lowest BCUT2D eigenvalue weighted by atomic mass is 10.1. The maximum atomic E-state index is 4.88. The molecule has 0 aromatic heterocycles. The first-order valence-electron chi connectivity index (χ1n) is 7.68. The number of benzene rings is 3. The Morgan fingerprint density at radius 3 is 2.04 bits per heavy atom. The maximum absolute atomic E-state index is 4.88. The van der Waals surface area contributed by atoms with Crippen LogP contribution in [0.5, 0.6) is 0 Å². The van der Waals surface area contributed by atoms with Gasteiger partial charge in [0.15, 0.2) is 0 Å². The van der Waals surface area contributed by atoms with Gasteiger partial charge in [0.25, 0.3) is 0 Å². The van der Waals surface area contributed by atoms with Crippen LogP contribution in [-0.4, -0.2) is 5.84 Å². The molecule has 0 bridgehead atoms. The zero-order chi connectivity index (χ0) is 15.6.